The maximum Gasteiger partial charge on any atom is 0.244 e. The second-order valence-electron chi connectivity index (χ2n) is 6.94. The molecule has 1 fully saturated rings. The highest BCUT2D eigenvalue weighted by Crippen LogP contribution is 2.33. The third kappa shape index (κ3) is 4.57. The highest BCUT2D eigenvalue weighted by Gasteiger charge is 2.30. The van der Waals surface area contributed by atoms with E-state index in [2.05, 4.69) is 20.8 Å². The van der Waals surface area contributed by atoms with Crippen LogP contribution in [0.4, 0.5) is 5.13 Å². The molecular weight excluding hydrogens is 502 g/mol. The molecule has 2 aromatic carbocycles. The molecule has 1 saturated heterocycles. The van der Waals surface area contributed by atoms with Gasteiger partial charge in [0.15, 0.2) is 5.13 Å². The molecule has 3 aromatic rings. The van der Waals surface area contributed by atoms with Crippen molar-refractivity contribution in [2.75, 3.05) is 45.3 Å². The SMILES string of the molecule is COc1cc(OC)cc(-c2csc(N3CCN(S(=O)(=O)c4ccccc4Br)CC3)n2)c1. The van der Waals surface area contributed by atoms with Crippen molar-refractivity contribution in [3.63, 3.8) is 0 Å². The highest BCUT2D eigenvalue weighted by atomic mass is 79.9. The number of methoxy groups -OCH3 is 2. The second kappa shape index (κ2) is 9.15. The summed E-state index contributed by atoms with van der Waals surface area (Å²) in [6, 6.07) is 12.6. The van der Waals surface area contributed by atoms with E-state index in [0.717, 1.165) is 16.4 Å². The van der Waals surface area contributed by atoms with Gasteiger partial charge in [-0.05, 0) is 40.2 Å². The lowest BCUT2D eigenvalue weighted by atomic mass is 10.1. The number of hydrogen-bond acceptors (Lipinski definition) is 7. The largest absolute Gasteiger partial charge is 0.497 e. The molecule has 0 atom stereocenters. The van der Waals surface area contributed by atoms with E-state index >= 15 is 0 Å². The number of hydrogen-bond donors (Lipinski definition) is 0. The van der Waals surface area contributed by atoms with E-state index in [4.69, 9.17) is 14.5 Å². The molecule has 0 radical (unpaired) electrons. The van der Waals surface area contributed by atoms with Gasteiger partial charge in [-0.15, -0.1) is 11.3 Å². The number of sulfonamides is 1. The molecule has 0 bridgehead atoms. The van der Waals surface area contributed by atoms with Crippen molar-refractivity contribution >= 4 is 42.4 Å². The number of ether oxygens (including phenoxy) is 2. The summed E-state index contributed by atoms with van der Waals surface area (Å²) in [6.45, 7) is 1.98. The Labute approximate surface area is 194 Å². The molecule has 1 aromatic heterocycles. The lowest BCUT2D eigenvalue weighted by molar-refractivity contribution is 0.384. The first-order valence-corrected chi connectivity index (χ1v) is 12.7. The normalized spacial score (nSPS) is 15.1. The van der Waals surface area contributed by atoms with E-state index in [9.17, 15) is 8.42 Å². The zero-order chi connectivity index (χ0) is 22.0. The summed E-state index contributed by atoms with van der Waals surface area (Å²) in [7, 11) is -0.301. The lowest BCUT2D eigenvalue weighted by Crippen LogP contribution is -2.48. The van der Waals surface area contributed by atoms with Crippen molar-refractivity contribution in [2.24, 2.45) is 0 Å². The molecule has 0 amide bonds. The molecule has 7 nitrogen and oxygen atoms in total. The number of piperazine rings is 1. The lowest BCUT2D eigenvalue weighted by Gasteiger charge is -2.33. The van der Waals surface area contributed by atoms with Crippen LogP contribution >= 0.6 is 27.3 Å². The average molecular weight is 524 g/mol. The summed E-state index contributed by atoms with van der Waals surface area (Å²) in [5.74, 6) is 1.41. The maximum absolute atomic E-state index is 13.0. The Balaban J connectivity index is 1.48. The predicted molar refractivity (Wildman–Crippen MR) is 126 cm³/mol. The highest BCUT2D eigenvalue weighted by molar-refractivity contribution is 9.10. The first-order valence-electron chi connectivity index (χ1n) is 9.61. The molecule has 1 aliphatic heterocycles. The van der Waals surface area contributed by atoms with Crippen molar-refractivity contribution in [1.82, 2.24) is 9.29 Å². The number of benzene rings is 2. The zero-order valence-corrected chi connectivity index (χ0v) is 20.3. The molecule has 4 rings (SSSR count). The summed E-state index contributed by atoms with van der Waals surface area (Å²) in [6.07, 6.45) is 0. The molecular formula is C21H22BrN3O4S2. The fourth-order valence-corrected chi connectivity index (χ4v) is 6.68. The third-order valence-corrected chi connectivity index (χ3v) is 8.92. The standard InChI is InChI=1S/C21H22BrN3O4S2/c1-28-16-11-15(12-17(13-16)29-2)19-14-30-21(23-19)24-7-9-25(10-8-24)31(26,27)20-6-4-3-5-18(20)22/h3-6,11-14H,7-10H2,1-2H3. The van der Waals surface area contributed by atoms with Gasteiger partial charge in [0.05, 0.1) is 24.8 Å². The van der Waals surface area contributed by atoms with Gasteiger partial charge < -0.3 is 14.4 Å². The van der Waals surface area contributed by atoms with Crippen LogP contribution in [0.2, 0.25) is 0 Å². The Morgan fingerprint density at radius 1 is 1.00 bits per heavy atom. The predicted octanol–water partition coefficient (Wildman–Crippen LogP) is 4.10. The fraction of sp³-hybridized carbons (Fsp3) is 0.286. The number of rotatable bonds is 6. The number of halogens is 1. The van der Waals surface area contributed by atoms with Gasteiger partial charge in [-0.3, -0.25) is 0 Å². The van der Waals surface area contributed by atoms with Crippen LogP contribution in [0.15, 0.2) is 57.2 Å². The minimum atomic E-state index is -3.54. The molecule has 164 valence electrons. The van der Waals surface area contributed by atoms with Crippen LogP contribution < -0.4 is 14.4 Å². The van der Waals surface area contributed by atoms with Crippen molar-refractivity contribution in [2.45, 2.75) is 4.90 Å². The van der Waals surface area contributed by atoms with Crippen molar-refractivity contribution in [3.8, 4) is 22.8 Å². The maximum atomic E-state index is 13.0. The summed E-state index contributed by atoms with van der Waals surface area (Å²) in [5.41, 5.74) is 1.74. The molecule has 0 aliphatic carbocycles. The monoisotopic (exact) mass is 523 g/mol. The van der Waals surface area contributed by atoms with E-state index in [1.165, 1.54) is 4.31 Å². The van der Waals surface area contributed by atoms with Gasteiger partial charge >= 0.3 is 0 Å². The quantitative estimate of drug-likeness (QED) is 0.484. The smallest absolute Gasteiger partial charge is 0.244 e. The summed E-state index contributed by atoms with van der Waals surface area (Å²) in [4.78, 5) is 7.19. The van der Waals surface area contributed by atoms with Crippen molar-refractivity contribution < 1.29 is 17.9 Å². The van der Waals surface area contributed by atoms with E-state index < -0.39 is 10.0 Å². The Kier molecular flexibility index (Phi) is 6.52. The average Bonchev–Trinajstić information content (AvgIpc) is 3.29. The van der Waals surface area contributed by atoms with Gasteiger partial charge in [-0.25, -0.2) is 13.4 Å². The van der Waals surface area contributed by atoms with Crippen LogP contribution in [0.5, 0.6) is 11.5 Å². The van der Waals surface area contributed by atoms with E-state index in [1.54, 1.807) is 49.8 Å². The molecule has 0 N–H and O–H groups in total. The number of thiazole rings is 1. The van der Waals surface area contributed by atoms with Gasteiger partial charge in [0, 0.05) is 47.7 Å². The molecule has 0 unspecified atom stereocenters. The first-order chi connectivity index (χ1) is 14.9. The minimum absolute atomic E-state index is 0.298. The Morgan fingerprint density at radius 3 is 2.26 bits per heavy atom. The van der Waals surface area contributed by atoms with E-state index in [-0.39, 0.29) is 0 Å². The zero-order valence-electron chi connectivity index (χ0n) is 17.1. The van der Waals surface area contributed by atoms with Crippen LogP contribution in [-0.2, 0) is 10.0 Å². The summed E-state index contributed by atoms with van der Waals surface area (Å²) in [5, 5.41) is 2.86. The van der Waals surface area contributed by atoms with Crippen molar-refractivity contribution in [1.29, 1.82) is 0 Å². The summed E-state index contributed by atoms with van der Waals surface area (Å²) < 4.78 is 38.8. The molecule has 1 aliphatic rings. The molecule has 2 heterocycles. The van der Waals surface area contributed by atoms with E-state index in [1.807, 2.05) is 23.6 Å². The minimum Gasteiger partial charge on any atom is -0.497 e. The van der Waals surface area contributed by atoms with Gasteiger partial charge in [-0.1, -0.05) is 12.1 Å². The second-order valence-corrected chi connectivity index (χ2v) is 10.5. The summed E-state index contributed by atoms with van der Waals surface area (Å²) >= 11 is 4.89. The van der Waals surface area contributed by atoms with E-state index in [0.29, 0.717) is 47.0 Å². The van der Waals surface area contributed by atoms with Crippen LogP contribution in [0.3, 0.4) is 0 Å². The Hall–Kier alpha value is -2.14. The molecule has 0 saturated carbocycles. The van der Waals surface area contributed by atoms with Gasteiger partial charge in [0.1, 0.15) is 11.5 Å². The van der Waals surface area contributed by atoms with Crippen LogP contribution in [0, 0.1) is 0 Å². The van der Waals surface area contributed by atoms with Crippen LogP contribution in [0.25, 0.3) is 11.3 Å². The number of nitrogens with zero attached hydrogens (tertiary/aromatic N) is 3. The molecule has 31 heavy (non-hydrogen) atoms. The Morgan fingerprint density at radius 2 is 1.65 bits per heavy atom. The van der Waals surface area contributed by atoms with Gasteiger partial charge in [0.25, 0.3) is 0 Å². The van der Waals surface area contributed by atoms with Gasteiger partial charge in [-0.2, -0.15) is 4.31 Å². The third-order valence-electron chi connectivity index (χ3n) is 5.10. The topological polar surface area (TPSA) is 72.0 Å². The van der Waals surface area contributed by atoms with Crippen LogP contribution in [0.1, 0.15) is 0 Å². The first kappa shape index (κ1) is 22.1. The molecule has 10 heteroatoms. The van der Waals surface area contributed by atoms with Gasteiger partial charge in [0.2, 0.25) is 10.0 Å². The van der Waals surface area contributed by atoms with Crippen molar-refractivity contribution in [3.05, 3.63) is 52.3 Å². The fourth-order valence-electron chi connectivity index (χ4n) is 3.41. The molecule has 0 spiro atoms. The Bertz CT molecular complexity index is 1150. The number of anilines is 1. The number of aromatic nitrogens is 1. The van der Waals surface area contributed by atoms with Crippen LogP contribution in [-0.4, -0.2) is 58.1 Å².